The van der Waals surface area contributed by atoms with Crippen LogP contribution in [0, 0.1) is 0 Å². The highest BCUT2D eigenvalue weighted by molar-refractivity contribution is 7.86. The molecule has 9 heteroatoms. The fourth-order valence-corrected chi connectivity index (χ4v) is 3.35. The zero-order chi connectivity index (χ0) is 19.8. The van der Waals surface area contributed by atoms with Crippen molar-refractivity contribution in [3.05, 3.63) is 47.9 Å². The van der Waals surface area contributed by atoms with Crippen LogP contribution in [0.4, 0.5) is 11.5 Å². The van der Waals surface area contributed by atoms with E-state index in [1.54, 1.807) is 12.5 Å². The Balaban J connectivity index is 1.93. The Bertz CT molecular complexity index is 1080. The first-order valence-corrected chi connectivity index (χ1v) is 10.1. The summed E-state index contributed by atoms with van der Waals surface area (Å²) in [6, 6.07) is 7.91. The van der Waals surface area contributed by atoms with Crippen molar-refractivity contribution in [2.75, 3.05) is 19.0 Å². The van der Waals surface area contributed by atoms with E-state index in [1.807, 2.05) is 47.8 Å². The van der Waals surface area contributed by atoms with Crippen molar-refractivity contribution in [1.82, 2.24) is 18.8 Å². The minimum atomic E-state index is -3.70. The molecule has 0 unspecified atom stereocenters. The molecule has 0 saturated carbocycles. The highest BCUT2D eigenvalue weighted by atomic mass is 32.2. The quantitative estimate of drug-likeness (QED) is 0.696. The molecule has 0 aliphatic rings. The van der Waals surface area contributed by atoms with Crippen LogP contribution in [0.15, 0.2) is 36.8 Å². The molecule has 0 fully saturated rings. The van der Waals surface area contributed by atoms with Crippen LogP contribution in [0.1, 0.15) is 18.1 Å². The molecule has 144 valence electrons. The van der Waals surface area contributed by atoms with Gasteiger partial charge in [-0.05, 0) is 23.6 Å². The Morgan fingerprint density at radius 3 is 2.59 bits per heavy atom. The van der Waals surface area contributed by atoms with Gasteiger partial charge in [0.2, 0.25) is 0 Å². The van der Waals surface area contributed by atoms with E-state index < -0.39 is 10.2 Å². The van der Waals surface area contributed by atoms with Crippen LogP contribution in [0.25, 0.3) is 11.0 Å². The minimum Gasteiger partial charge on any atom is -0.334 e. The average Bonchev–Trinajstić information content (AvgIpc) is 3.00. The number of hydrogen-bond donors (Lipinski definition) is 1. The van der Waals surface area contributed by atoms with E-state index in [2.05, 4.69) is 16.9 Å². The van der Waals surface area contributed by atoms with Gasteiger partial charge in [-0.3, -0.25) is 0 Å². The number of aromatic nitrogens is 3. The van der Waals surface area contributed by atoms with Gasteiger partial charge in [0, 0.05) is 39.4 Å². The molecule has 0 radical (unpaired) electrons. The van der Waals surface area contributed by atoms with Gasteiger partial charge < -0.3 is 9.47 Å². The zero-order valence-corrected chi connectivity index (χ0v) is 16.7. The maximum absolute atomic E-state index is 11.4. The fourth-order valence-electron chi connectivity index (χ4n) is 3.02. The van der Waals surface area contributed by atoms with Gasteiger partial charge in [0.25, 0.3) is 10.2 Å². The molecule has 8 nitrogen and oxygen atoms in total. The lowest BCUT2D eigenvalue weighted by Crippen LogP contribution is -2.32. The number of hydrogen-bond acceptors (Lipinski definition) is 5. The number of nitrogens with two attached hydrogens (primary N) is 1. The maximum Gasteiger partial charge on any atom is 0.276 e. The Morgan fingerprint density at radius 1 is 1.19 bits per heavy atom. The van der Waals surface area contributed by atoms with E-state index in [4.69, 9.17) is 5.14 Å². The number of rotatable bonds is 6. The third-order valence-electron chi connectivity index (χ3n) is 4.67. The lowest BCUT2D eigenvalue weighted by molar-refractivity contribution is 0.468. The lowest BCUT2D eigenvalue weighted by Gasteiger charge is -2.23. The largest absolute Gasteiger partial charge is 0.334 e. The summed E-state index contributed by atoms with van der Waals surface area (Å²) in [6.45, 7) is 2.30. The van der Waals surface area contributed by atoms with Gasteiger partial charge in [-0.2, -0.15) is 12.7 Å². The SMILES string of the molecule is CCc1cc(CN(C)S(N)(=O)=O)ccc1N(C)c1cc2c(cn1)ncn2C. The summed E-state index contributed by atoms with van der Waals surface area (Å²) < 4.78 is 26.0. The van der Waals surface area contributed by atoms with Crippen molar-refractivity contribution in [1.29, 1.82) is 0 Å². The topological polar surface area (TPSA) is 97.3 Å². The highest BCUT2D eigenvalue weighted by Crippen LogP contribution is 2.29. The summed E-state index contributed by atoms with van der Waals surface area (Å²) in [7, 11) is 1.68. The van der Waals surface area contributed by atoms with Crippen LogP contribution >= 0.6 is 0 Å². The number of aryl methyl sites for hydroxylation is 2. The van der Waals surface area contributed by atoms with E-state index in [0.29, 0.717) is 0 Å². The molecule has 0 atom stereocenters. The van der Waals surface area contributed by atoms with Crippen LogP contribution in [0.5, 0.6) is 0 Å². The van der Waals surface area contributed by atoms with Gasteiger partial charge >= 0.3 is 0 Å². The first-order valence-electron chi connectivity index (χ1n) is 8.57. The Morgan fingerprint density at radius 2 is 1.93 bits per heavy atom. The van der Waals surface area contributed by atoms with E-state index in [9.17, 15) is 8.42 Å². The monoisotopic (exact) mass is 388 g/mol. The van der Waals surface area contributed by atoms with Crippen molar-refractivity contribution in [3.63, 3.8) is 0 Å². The Hall–Kier alpha value is -2.49. The molecule has 2 N–H and O–H groups in total. The van der Waals surface area contributed by atoms with E-state index in [1.165, 1.54) is 7.05 Å². The van der Waals surface area contributed by atoms with Crippen LogP contribution in [0.3, 0.4) is 0 Å². The van der Waals surface area contributed by atoms with Gasteiger partial charge in [0.1, 0.15) is 11.3 Å². The maximum atomic E-state index is 11.4. The van der Waals surface area contributed by atoms with Gasteiger partial charge in [-0.15, -0.1) is 0 Å². The molecule has 2 aromatic heterocycles. The molecular weight excluding hydrogens is 364 g/mol. The molecule has 3 aromatic rings. The van der Waals surface area contributed by atoms with Crippen molar-refractivity contribution in [2.24, 2.45) is 12.2 Å². The average molecular weight is 388 g/mol. The van der Waals surface area contributed by atoms with Crippen molar-refractivity contribution >= 4 is 32.7 Å². The highest BCUT2D eigenvalue weighted by Gasteiger charge is 2.15. The number of fused-ring (bicyclic) bond motifs is 1. The van der Waals surface area contributed by atoms with Gasteiger partial charge in [-0.25, -0.2) is 15.1 Å². The number of nitrogens with zero attached hydrogens (tertiary/aromatic N) is 5. The molecule has 3 rings (SSSR count). The first-order chi connectivity index (χ1) is 12.7. The van der Waals surface area contributed by atoms with Crippen molar-refractivity contribution < 1.29 is 8.42 Å². The number of benzene rings is 1. The summed E-state index contributed by atoms with van der Waals surface area (Å²) in [4.78, 5) is 10.8. The minimum absolute atomic E-state index is 0.231. The molecule has 0 aliphatic heterocycles. The summed E-state index contributed by atoms with van der Waals surface area (Å²) in [5.74, 6) is 0.815. The Kier molecular flexibility index (Phi) is 5.18. The Labute approximate surface area is 159 Å². The standard InChI is InChI=1S/C18H24N6O2S/c1-5-14-8-13(11-23(3)27(19,25)26)6-7-16(14)24(4)18-9-17-15(10-20-18)21-12-22(17)2/h6-10,12H,5,11H2,1-4H3,(H2,19,25,26). The van der Waals surface area contributed by atoms with Gasteiger partial charge in [0.05, 0.1) is 18.0 Å². The van der Waals surface area contributed by atoms with Crippen LogP contribution in [0.2, 0.25) is 0 Å². The fraction of sp³-hybridized carbons (Fsp3) is 0.333. The summed E-state index contributed by atoms with van der Waals surface area (Å²) in [5, 5.41) is 5.17. The second-order valence-electron chi connectivity index (χ2n) is 6.56. The van der Waals surface area contributed by atoms with Crippen molar-refractivity contribution in [3.8, 4) is 0 Å². The smallest absolute Gasteiger partial charge is 0.276 e. The number of pyridine rings is 1. The normalized spacial score (nSPS) is 12.1. The molecule has 0 amide bonds. The summed E-state index contributed by atoms with van der Waals surface area (Å²) >= 11 is 0. The lowest BCUT2D eigenvalue weighted by atomic mass is 10.1. The predicted octanol–water partition coefficient (Wildman–Crippen LogP) is 1.93. The molecule has 2 heterocycles. The van der Waals surface area contributed by atoms with Gasteiger partial charge in [-0.1, -0.05) is 19.1 Å². The molecule has 27 heavy (non-hydrogen) atoms. The predicted molar refractivity (Wildman–Crippen MR) is 107 cm³/mol. The first kappa shape index (κ1) is 19.3. The van der Waals surface area contributed by atoms with Crippen LogP contribution in [-0.4, -0.2) is 41.4 Å². The number of anilines is 2. The molecular formula is C18H24N6O2S. The second kappa shape index (κ2) is 7.26. The van der Waals surface area contributed by atoms with Gasteiger partial charge in [0.15, 0.2) is 0 Å². The molecule has 0 saturated heterocycles. The molecule has 0 spiro atoms. The summed E-state index contributed by atoms with van der Waals surface area (Å²) in [5.41, 5.74) is 4.87. The third-order valence-corrected chi connectivity index (χ3v) is 5.66. The summed E-state index contributed by atoms with van der Waals surface area (Å²) in [6.07, 6.45) is 4.34. The van der Waals surface area contributed by atoms with E-state index >= 15 is 0 Å². The third kappa shape index (κ3) is 3.95. The van der Waals surface area contributed by atoms with Crippen LogP contribution < -0.4 is 10.0 Å². The molecule has 1 aromatic carbocycles. The molecule has 0 aliphatic carbocycles. The van der Waals surface area contributed by atoms with Crippen molar-refractivity contribution in [2.45, 2.75) is 19.9 Å². The molecule has 0 bridgehead atoms. The second-order valence-corrected chi connectivity index (χ2v) is 8.22. The van der Waals surface area contributed by atoms with E-state index in [-0.39, 0.29) is 6.54 Å². The number of imidazole rings is 1. The van der Waals surface area contributed by atoms with E-state index in [0.717, 1.165) is 44.4 Å². The zero-order valence-electron chi connectivity index (χ0n) is 15.9. The van der Waals surface area contributed by atoms with Crippen LogP contribution in [-0.2, 0) is 30.2 Å².